The second kappa shape index (κ2) is 9.00. The highest BCUT2D eigenvalue weighted by atomic mass is 16.3. The zero-order valence-electron chi connectivity index (χ0n) is 18.5. The topological polar surface area (TPSA) is 63.2 Å². The van der Waals surface area contributed by atoms with Gasteiger partial charge in [-0.3, -0.25) is 4.90 Å². The van der Waals surface area contributed by atoms with Crippen LogP contribution in [0.1, 0.15) is 49.0 Å². The lowest BCUT2D eigenvalue weighted by Gasteiger charge is -2.40. The van der Waals surface area contributed by atoms with Gasteiger partial charge >= 0.3 is 0 Å². The van der Waals surface area contributed by atoms with Crippen LogP contribution >= 0.6 is 0 Å². The van der Waals surface area contributed by atoms with Crippen molar-refractivity contribution >= 4 is 5.69 Å². The Hall–Kier alpha value is -2.67. The highest BCUT2D eigenvalue weighted by molar-refractivity contribution is 5.55. The highest BCUT2D eigenvalue weighted by Gasteiger charge is 2.30. The number of benzene rings is 1. The van der Waals surface area contributed by atoms with Gasteiger partial charge < -0.3 is 9.32 Å². The van der Waals surface area contributed by atoms with Crippen LogP contribution in [-0.2, 0) is 6.54 Å². The Labute approximate surface area is 178 Å². The van der Waals surface area contributed by atoms with Crippen molar-refractivity contribution in [1.82, 2.24) is 25.1 Å². The van der Waals surface area contributed by atoms with Gasteiger partial charge in [-0.15, -0.1) is 5.10 Å². The molecule has 0 saturated carbocycles. The van der Waals surface area contributed by atoms with Crippen molar-refractivity contribution < 1.29 is 4.42 Å². The average molecular weight is 409 g/mol. The minimum Gasteiger partial charge on any atom is -0.467 e. The molecule has 0 aliphatic carbocycles. The van der Waals surface area contributed by atoms with E-state index in [2.05, 4.69) is 71.2 Å². The first-order valence-electron chi connectivity index (χ1n) is 10.9. The molecule has 0 spiro atoms. The molecular formula is C23H32N6O. The molecule has 30 heavy (non-hydrogen) atoms. The monoisotopic (exact) mass is 408 g/mol. The average Bonchev–Trinajstić information content (AvgIpc) is 3.41. The van der Waals surface area contributed by atoms with Crippen LogP contribution < -0.4 is 4.90 Å². The van der Waals surface area contributed by atoms with E-state index in [9.17, 15) is 0 Å². The summed E-state index contributed by atoms with van der Waals surface area (Å²) < 4.78 is 7.41. The molecular weight excluding hydrogens is 376 g/mol. The summed E-state index contributed by atoms with van der Waals surface area (Å²) in [6.07, 6.45) is 2.72. The number of piperazine rings is 1. The van der Waals surface area contributed by atoms with Crippen LogP contribution in [0.3, 0.4) is 0 Å². The summed E-state index contributed by atoms with van der Waals surface area (Å²) in [5.41, 5.74) is 4.01. The van der Waals surface area contributed by atoms with E-state index in [1.54, 1.807) is 6.26 Å². The van der Waals surface area contributed by atoms with Gasteiger partial charge in [-0.2, -0.15) is 0 Å². The lowest BCUT2D eigenvalue weighted by atomic mass is 10.0. The van der Waals surface area contributed by atoms with Crippen LogP contribution in [-0.4, -0.2) is 51.3 Å². The number of rotatable bonds is 7. The van der Waals surface area contributed by atoms with E-state index in [0.717, 1.165) is 44.2 Å². The van der Waals surface area contributed by atoms with E-state index in [1.165, 1.54) is 16.8 Å². The molecule has 1 saturated heterocycles. The molecule has 7 heteroatoms. The minimum atomic E-state index is 0.204. The van der Waals surface area contributed by atoms with E-state index in [0.29, 0.717) is 12.5 Å². The van der Waals surface area contributed by atoms with E-state index in [1.807, 2.05) is 16.8 Å². The van der Waals surface area contributed by atoms with Gasteiger partial charge in [0.05, 0.1) is 12.3 Å². The first-order valence-corrected chi connectivity index (χ1v) is 10.9. The van der Waals surface area contributed by atoms with Gasteiger partial charge in [-0.25, -0.2) is 4.68 Å². The second-order valence-electron chi connectivity index (χ2n) is 8.73. The first-order chi connectivity index (χ1) is 14.5. The molecule has 0 N–H and O–H groups in total. The Morgan fingerprint density at radius 2 is 1.87 bits per heavy atom. The molecule has 7 nitrogen and oxygen atoms in total. The van der Waals surface area contributed by atoms with Gasteiger partial charge in [-0.1, -0.05) is 26.0 Å². The number of aryl methyl sites for hydroxylation is 2. The fourth-order valence-corrected chi connectivity index (χ4v) is 4.31. The second-order valence-corrected chi connectivity index (χ2v) is 8.73. The molecule has 160 valence electrons. The Morgan fingerprint density at radius 1 is 1.07 bits per heavy atom. The maximum absolute atomic E-state index is 5.52. The number of aromatic nitrogens is 4. The van der Waals surface area contributed by atoms with Crippen molar-refractivity contribution in [2.45, 2.75) is 46.7 Å². The number of hydrogen-bond acceptors (Lipinski definition) is 6. The summed E-state index contributed by atoms with van der Waals surface area (Å²) >= 11 is 0. The molecule has 0 bridgehead atoms. The molecule has 3 aromatic rings. The number of furan rings is 1. The Kier molecular flexibility index (Phi) is 6.18. The Balaban J connectivity index is 1.51. The molecule has 0 unspecified atom stereocenters. The van der Waals surface area contributed by atoms with E-state index in [4.69, 9.17) is 4.42 Å². The SMILES string of the molecule is Cc1ccc(C)c(N2CCN([C@H](CC(C)C)c3nnnn3Cc3ccco3)CC2)c1. The molecule has 1 aliphatic heterocycles. The number of tetrazole rings is 1. The van der Waals surface area contributed by atoms with Crippen LogP contribution in [0.2, 0.25) is 0 Å². The zero-order chi connectivity index (χ0) is 21.1. The van der Waals surface area contributed by atoms with Crippen molar-refractivity contribution in [3.05, 3.63) is 59.3 Å². The fourth-order valence-electron chi connectivity index (χ4n) is 4.31. The van der Waals surface area contributed by atoms with Crippen molar-refractivity contribution in [3.8, 4) is 0 Å². The van der Waals surface area contributed by atoms with E-state index in [-0.39, 0.29) is 6.04 Å². The third kappa shape index (κ3) is 4.56. The summed E-state index contributed by atoms with van der Waals surface area (Å²) in [4.78, 5) is 5.06. The summed E-state index contributed by atoms with van der Waals surface area (Å²) in [6, 6.07) is 10.8. The summed E-state index contributed by atoms with van der Waals surface area (Å²) in [7, 11) is 0. The number of anilines is 1. The molecule has 1 aromatic carbocycles. The standard InChI is InChI=1S/C23H32N6O/c1-17(2)14-22(23-24-25-26-29(23)16-20-6-5-13-30-20)28-11-9-27(10-12-28)21-15-18(3)7-8-19(21)4/h5-8,13,15,17,22H,9-12,14,16H2,1-4H3/t22-/m1/s1. The molecule has 1 fully saturated rings. The summed E-state index contributed by atoms with van der Waals surface area (Å²) in [5.74, 6) is 2.35. The molecule has 3 heterocycles. The van der Waals surface area contributed by atoms with Crippen LogP contribution in [0.25, 0.3) is 0 Å². The van der Waals surface area contributed by atoms with E-state index < -0.39 is 0 Å². The molecule has 4 rings (SSSR count). The Bertz CT molecular complexity index is 941. The van der Waals surface area contributed by atoms with Crippen LogP contribution in [0.4, 0.5) is 5.69 Å². The smallest absolute Gasteiger partial charge is 0.168 e. The Morgan fingerprint density at radius 3 is 2.57 bits per heavy atom. The number of hydrogen-bond donors (Lipinski definition) is 0. The van der Waals surface area contributed by atoms with Crippen molar-refractivity contribution in [2.24, 2.45) is 5.92 Å². The van der Waals surface area contributed by atoms with Gasteiger partial charge in [-0.05, 0) is 65.9 Å². The maximum Gasteiger partial charge on any atom is 0.168 e. The predicted octanol–water partition coefficient (Wildman–Crippen LogP) is 3.84. The van der Waals surface area contributed by atoms with Gasteiger partial charge in [0.1, 0.15) is 12.3 Å². The lowest BCUT2D eigenvalue weighted by Crippen LogP contribution is -2.48. The van der Waals surface area contributed by atoms with Gasteiger partial charge in [0.15, 0.2) is 5.82 Å². The number of nitrogens with zero attached hydrogens (tertiary/aromatic N) is 6. The van der Waals surface area contributed by atoms with Crippen molar-refractivity contribution in [2.75, 3.05) is 31.1 Å². The largest absolute Gasteiger partial charge is 0.467 e. The summed E-state index contributed by atoms with van der Waals surface area (Å²) in [6.45, 7) is 13.5. The highest BCUT2D eigenvalue weighted by Crippen LogP contribution is 2.29. The van der Waals surface area contributed by atoms with Crippen LogP contribution in [0.15, 0.2) is 41.0 Å². The molecule has 2 aromatic heterocycles. The van der Waals surface area contributed by atoms with Crippen molar-refractivity contribution in [3.63, 3.8) is 0 Å². The molecule has 0 amide bonds. The zero-order valence-corrected chi connectivity index (χ0v) is 18.5. The molecule has 1 atom stereocenters. The summed E-state index contributed by atoms with van der Waals surface area (Å²) in [5, 5.41) is 12.7. The van der Waals surface area contributed by atoms with E-state index >= 15 is 0 Å². The van der Waals surface area contributed by atoms with Gasteiger partial charge in [0, 0.05) is 31.9 Å². The third-order valence-electron chi connectivity index (χ3n) is 5.90. The fraction of sp³-hybridized carbons (Fsp3) is 0.522. The maximum atomic E-state index is 5.52. The quantitative estimate of drug-likeness (QED) is 0.592. The molecule has 0 radical (unpaired) electrons. The van der Waals surface area contributed by atoms with Crippen molar-refractivity contribution in [1.29, 1.82) is 0 Å². The normalized spacial score (nSPS) is 16.4. The van der Waals surface area contributed by atoms with Crippen LogP contribution in [0, 0.1) is 19.8 Å². The first kappa shape index (κ1) is 20.6. The van der Waals surface area contributed by atoms with Crippen LogP contribution in [0.5, 0.6) is 0 Å². The predicted molar refractivity (Wildman–Crippen MR) is 118 cm³/mol. The molecule has 1 aliphatic rings. The van der Waals surface area contributed by atoms with Gasteiger partial charge in [0.25, 0.3) is 0 Å². The lowest BCUT2D eigenvalue weighted by molar-refractivity contribution is 0.153. The third-order valence-corrected chi connectivity index (χ3v) is 5.90. The minimum absolute atomic E-state index is 0.204. The van der Waals surface area contributed by atoms with Gasteiger partial charge in [0.2, 0.25) is 0 Å².